The summed E-state index contributed by atoms with van der Waals surface area (Å²) < 4.78 is 5.96. The number of aliphatic hydroxyl groups is 2. The van der Waals surface area contributed by atoms with E-state index in [1.54, 1.807) is 0 Å². The maximum Gasteiger partial charge on any atom is 0.306 e. The van der Waals surface area contributed by atoms with Crippen molar-refractivity contribution < 1.29 is 24.5 Å². The van der Waals surface area contributed by atoms with Crippen LogP contribution in [0.5, 0.6) is 0 Å². The third-order valence-corrected chi connectivity index (χ3v) is 13.9. The third-order valence-electron chi connectivity index (χ3n) is 13.9. The number of rotatable bonds is 55. The van der Waals surface area contributed by atoms with Crippen molar-refractivity contribution in [2.45, 2.75) is 334 Å². The lowest BCUT2D eigenvalue weighted by atomic mass is 10.0. The normalized spacial score (nSPS) is 13.4. The first-order valence-corrected chi connectivity index (χ1v) is 30.4. The second-order valence-electron chi connectivity index (χ2n) is 20.7. The monoisotopic (exact) mass is 968 g/mol. The molecule has 0 aliphatic rings. The highest BCUT2D eigenvalue weighted by atomic mass is 16.5. The van der Waals surface area contributed by atoms with Crippen LogP contribution in [0.4, 0.5) is 0 Å². The molecule has 1 amide bonds. The Balaban J connectivity index is 4.59. The minimum absolute atomic E-state index is 0.0610. The minimum atomic E-state index is -0.796. The van der Waals surface area contributed by atoms with E-state index in [1.165, 1.54) is 180 Å². The summed E-state index contributed by atoms with van der Waals surface area (Å²) in [6, 6.07) is -0.712. The van der Waals surface area contributed by atoms with Crippen LogP contribution < -0.4 is 5.32 Å². The fourth-order valence-electron chi connectivity index (χ4n) is 9.26. The molecule has 0 aliphatic heterocycles. The summed E-state index contributed by atoms with van der Waals surface area (Å²) in [4.78, 5) is 26.3. The highest BCUT2D eigenvalue weighted by Gasteiger charge is 2.24. The second kappa shape index (κ2) is 56.7. The van der Waals surface area contributed by atoms with Gasteiger partial charge in [0, 0.05) is 6.42 Å². The molecule has 0 saturated heterocycles. The lowest BCUT2D eigenvalue weighted by Crippen LogP contribution is -2.46. The molecule has 404 valence electrons. The Hall–Kier alpha value is -2.18. The number of hydrogen-bond donors (Lipinski definition) is 3. The third kappa shape index (κ3) is 52.0. The molecule has 0 heterocycles. The molecule has 6 heteroatoms. The summed E-state index contributed by atoms with van der Waals surface area (Å²) >= 11 is 0. The van der Waals surface area contributed by atoms with Crippen LogP contribution in [0.3, 0.4) is 0 Å². The average Bonchev–Trinajstić information content (AvgIpc) is 3.34. The van der Waals surface area contributed by atoms with E-state index in [-0.39, 0.29) is 24.9 Å². The fraction of sp³-hybridized carbons (Fsp3) is 0.841. The molecule has 69 heavy (non-hydrogen) atoms. The molecule has 0 rings (SSSR count). The Kier molecular flexibility index (Phi) is 54.9. The zero-order valence-electron chi connectivity index (χ0n) is 46.2. The molecule has 0 aromatic carbocycles. The summed E-state index contributed by atoms with van der Waals surface area (Å²) in [6.45, 7) is 6.49. The van der Waals surface area contributed by atoms with Crippen molar-refractivity contribution >= 4 is 11.9 Å². The zero-order chi connectivity index (χ0) is 50.2. The van der Waals surface area contributed by atoms with E-state index >= 15 is 0 Å². The number of hydrogen-bond acceptors (Lipinski definition) is 5. The largest absolute Gasteiger partial charge is 0.462 e. The number of ether oxygens (including phenoxy) is 1. The molecule has 0 saturated carbocycles. The molecule has 0 spiro atoms. The van der Waals surface area contributed by atoms with Crippen molar-refractivity contribution in [3.8, 4) is 0 Å². The molecule has 0 bridgehead atoms. The number of allylic oxidation sites excluding steroid dienone is 8. The van der Waals surface area contributed by atoms with E-state index in [0.717, 1.165) is 89.9 Å². The van der Waals surface area contributed by atoms with Gasteiger partial charge in [-0.25, -0.2) is 0 Å². The minimum Gasteiger partial charge on any atom is -0.462 e. The van der Waals surface area contributed by atoms with Crippen molar-refractivity contribution in [3.63, 3.8) is 0 Å². The molecule has 0 aromatic rings. The van der Waals surface area contributed by atoms with E-state index < -0.39 is 18.2 Å². The Labute approximate surface area is 429 Å². The van der Waals surface area contributed by atoms with Gasteiger partial charge in [-0.15, -0.1) is 0 Å². The summed E-state index contributed by atoms with van der Waals surface area (Å²) in [5.74, 6) is -0.492. The fourth-order valence-corrected chi connectivity index (χ4v) is 9.26. The van der Waals surface area contributed by atoms with Crippen LogP contribution in [-0.4, -0.2) is 46.9 Å². The number of unbranched alkanes of at least 4 members (excludes halogenated alkanes) is 35. The van der Waals surface area contributed by atoms with Gasteiger partial charge in [0.05, 0.1) is 25.2 Å². The molecule has 3 atom stereocenters. The summed E-state index contributed by atoms with van der Waals surface area (Å²) in [6.07, 6.45) is 70.3. The number of carbonyl (C=O) groups is 2. The van der Waals surface area contributed by atoms with Crippen LogP contribution in [0.2, 0.25) is 0 Å². The van der Waals surface area contributed by atoms with E-state index in [1.807, 2.05) is 0 Å². The number of carbonyl (C=O) groups excluding carboxylic acids is 2. The highest BCUT2D eigenvalue weighted by Crippen LogP contribution is 2.18. The Bertz CT molecular complexity index is 1180. The molecule has 3 N–H and O–H groups in total. The maximum atomic E-state index is 13.3. The van der Waals surface area contributed by atoms with Crippen molar-refractivity contribution in [2.75, 3.05) is 6.61 Å². The van der Waals surface area contributed by atoms with Gasteiger partial charge in [0.1, 0.15) is 6.10 Å². The molecule has 3 unspecified atom stereocenters. The summed E-state index contributed by atoms with van der Waals surface area (Å²) in [5.41, 5.74) is 0. The van der Waals surface area contributed by atoms with Crippen LogP contribution in [0.25, 0.3) is 0 Å². The maximum absolute atomic E-state index is 13.3. The van der Waals surface area contributed by atoms with Crippen LogP contribution in [-0.2, 0) is 14.3 Å². The topological polar surface area (TPSA) is 95.9 Å². The standard InChI is InChI=1S/C63H117NO5/c1-4-7-10-13-16-19-22-25-28-30-32-35-38-41-44-47-50-53-56-63(68)69-59(54-51-48-45-42-39-36-34-31-29-26-23-20-17-14-11-8-5-2)57-62(67)64-60(58-65)61(66)55-52-49-46-43-40-37-33-27-24-21-18-15-12-9-6-3/h17,20,26,29,32,34-36,59-61,65-66H,4-16,18-19,21-25,27-28,30-31,33,37-58H2,1-3H3,(H,64,67)/b20-17-,29-26-,35-32+,36-34-. The lowest BCUT2D eigenvalue weighted by molar-refractivity contribution is -0.151. The number of aliphatic hydroxyl groups excluding tert-OH is 2. The van der Waals surface area contributed by atoms with Gasteiger partial charge in [-0.1, -0.05) is 262 Å². The van der Waals surface area contributed by atoms with Crippen LogP contribution in [0, 0.1) is 0 Å². The van der Waals surface area contributed by atoms with Crippen LogP contribution in [0.15, 0.2) is 48.6 Å². The number of nitrogens with one attached hydrogen (secondary N) is 1. The Morgan fingerprint density at radius 1 is 0.420 bits per heavy atom. The van der Waals surface area contributed by atoms with E-state index in [4.69, 9.17) is 4.74 Å². The SMILES string of the molecule is CCCCC/C=C\C/C=C\C/C=C\CCCCCCC(CC(=O)NC(CO)C(O)CCCCCCCCCCCCCCCCC)OC(=O)CCCCCCC/C=C/CCCCCCCCCCC. The van der Waals surface area contributed by atoms with Gasteiger partial charge in [0.2, 0.25) is 5.91 Å². The van der Waals surface area contributed by atoms with E-state index in [2.05, 4.69) is 74.7 Å². The molecule has 0 aromatic heterocycles. The van der Waals surface area contributed by atoms with Crippen molar-refractivity contribution in [1.82, 2.24) is 5.32 Å². The lowest BCUT2D eigenvalue weighted by Gasteiger charge is -2.24. The first-order chi connectivity index (χ1) is 34.0. The Morgan fingerprint density at radius 3 is 1.16 bits per heavy atom. The molecule has 0 fully saturated rings. The molecule has 6 nitrogen and oxygen atoms in total. The van der Waals surface area contributed by atoms with Crippen molar-refractivity contribution in [3.05, 3.63) is 48.6 Å². The Morgan fingerprint density at radius 2 is 0.739 bits per heavy atom. The predicted molar refractivity (Wildman–Crippen MR) is 301 cm³/mol. The van der Waals surface area contributed by atoms with Gasteiger partial charge < -0.3 is 20.3 Å². The number of amides is 1. The quantitative estimate of drug-likeness (QED) is 0.0321. The highest BCUT2D eigenvalue weighted by molar-refractivity contribution is 5.77. The van der Waals surface area contributed by atoms with Crippen molar-refractivity contribution in [1.29, 1.82) is 0 Å². The molecular formula is C63H117NO5. The summed E-state index contributed by atoms with van der Waals surface area (Å²) in [5, 5.41) is 23.9. The molecule has 0 radical (unpaired) electrons. The van der Waals surface area contributed by atoms with Gasteiger partial charge in [0.25, 0.3) is 0 Å². The zero-order valence-corrected chi connectivity index (χ0v) is 46.2. The second-order valence-corrected chi connectivity index (χ2v) is 20.7. The van der Waals surface area contributed by atoms with Crippen LogP contribution in [0.1, 0.15) is 316 Å². The predicted octanol–water partition coefficient (Wildman–Crippen LogP) is 19.0. The average molecular weight is 969 g/mol. The van der Waals surface area contributed by atoms with Crippen molar-refractivity contribution in [2.24, 2.45) is 0 Å². The molecule has 0 aliphatic carbocycles. The van der Waals surface area contributed by atoms with Gasteiger partial charge in [0.15, 0.2) is 0 Å². The van der Waals surface area contributed by atoms with Gasteiger partial charge in [-0.3, -0.25) is 9.59 Å². The first kappa shape index (κ1) is 66.8. The van der Waals surface area contributed by atoms with Gasteiger partial charge in [-0.2, -0.15) is 0 Å². The van der Waals surface area contributed by atoms with E-state index in [0.29, 0.717) is 19.3 Å². The van der Waals surface area contributed by atoms with Gasteiger partial charge in [-0.05, 0) is 89.9 Å². The first-order valence-electron chi connectivity index (χ1n) is 30.4. The number of esters is 1. The molecular weight excluding hydrogens is 851 g/mol. The van der Waals surface area contributed by atoms with Gasteiger partial charge >= 0.3 is 5.97 Å². The summed E-state index contributed by atoms with van der Waals surface area (Å²) in [7, 11) is 0. The van der Waals surface area contributed by atoms with Crippen LogP contribution >= 0.6 is 0 Å². The smallest absolute Gasteiger partial charge is 0.306 e. The van der Waals surface area contributed by atoms with E-state index in [9.17, 15) is 19.8 Å².